The Labute approximate surface area is 127 Å². The van der Waals surface area contributed by atoms with Crippen LogP contribution in [0.5, 0.6) is 0 Å². The van der Waals surface area contributed by atoms with Gasteiger partial charge in [0.15, 0.2) is 0 Å². The highest BCUT2D eigenvalue weighted by Gasteiger charge is 2.42. The summed E-state index contributed by atoms with van der Waals surface area (Å²) in [6.45, 7) is 8.17. The SMILES string of the molecule is CC(C)Cn1ncnc1CN1CCC2(O)CCCCC2C1. The molecule has 2 heterocycles. The molecule has 1 aromatic rings. The summed E-state index contributed by atoms with van der Waals surface area (Å²) in [5.74, 6) is 2.08. The summed E-state index contributed by atoms with van der Waals surface area (Å²) in [4.78, 5) is 6.88. The first-order chi connectivity index (χ1) is 10.1. The number of hydrogen-bond acceptors (Lipinski definition) is 4. The van der Waals surface area contributed by atoms with Gasteiger partial charge in [-0.1, -0.05) is 26.7 Å². The van der Waals surface area contributed by atoms with Crippen LogP contribution >= 0.6 is 0 Å². The van der Waals surface area contributed by atoms with Crippen LogP contribution in [-0.2, 0) is 13.1 Å². The fourth-order valence-corrected chi connectivity index (χ4v) is 3.89. The first-order valence-electron chi connectivity index (χ1n) is 8.38. The lowest BCUT2D eigenvalue weighted by atomic mass is 9.71. The molecule has 5 heteroatoms. The largest absolute Gasteiger partial charge is 0.390 e. The van der Waals surface area contributed by atoms with Crippen molar-refractivity contribution in [2.45, 2.75) is 64.6 Å². The van der Waals surface area contributed by atoms with Crippen molar-refractivity contribution in [2.24, 2.45) is 11.8 Å². The van der Waals surface area contributed by atoms with Crippen molar-refractivity contribution < 1.29 is 5.11 Å². The lowest BCUT2D eigenvalue weighted by Gasteiger charge is -2.47. The van der Waals surface area contributed by atoms with Gasteiger partial charge in [0.05, 0.1) is 12.1 Å². The topological polar surface area (TPSA) is 54.2 Å². The summed E-state index contributed by atoms with van der Waals surface area (Å²) in [6, 6.07) is 0. The van der Waals surface area contributed by atoms with Crippen molar-refractivity contribution in [3.63, 3.8) is 0 Å². The number of likely N-dealkylation sites (tertiary alicyclic amines) is 1. The van der Waals surface area contributed by atoms with Crippen molar-refractivity contribution in [1.29, 1.82) is 0 Å². The van der Waals surface area contributed by atoms with E-state index < -0.39 is 0 Å². The van der Waals surface area contributed by atoms with Crippen molar-refractivity contribution in [2.75, 3.05) is 13.1 Å². The molecule has 2 fully saturated rings. The van der Waals surface area contributed by atoms with Crippen LogP contribution in [0.4, 0.5) is 0 Å². The molecule has 2 aliphatic rings. The maximum atomic E-state index is 10.7. The van der Waals surface area contributed by atoms with Gasteiger partial charge in [-0.2, -0.15) is 5.10 Å². The molecule has 1 saturated carbocycles. The monoisotopic (exact) mass is 292 g/mol. The van der Waals surface area contributed by atoms with Gasteiger partial charge in [-0.3, -0.25) is 4.90 Å². The van der Waals surface area contributed by atoms with E-state index in [1.807, 2.05) is 4.68 Å². The second-order valence-corrected chi connectivity index (χ2v) is 7.28. The second-order valence-electron chi connectivity index (χ2n) is 7.28. The maximum Gasteiger partial charge on any atom is 0.141 e. The van der Waals surface area contributed by atoms with E-state index in [1.54, 1.807) is 6.33 Å². The molecule has 0 bridgehead atoms. The van der Waals surface area contributed by atoms with Crippen molar-refractivity contribution in [3.05, 3.63) is 12.2 Å². The molecule has 21 heavy (non-hydrogen) atoms. The number of rotatable bonds is 4. The van der Waals surface area contributed by atoms with Gasteiger partial charge in [0.1, 0.15) is 12.2 Å². The van der Waals surface area contributed by atoms with Crippen molar-refractivity contribution in [1.82, 2.24) is 19.7 Å². The van der Waals surface area contributed by atoms with Crippen LogP contribution in [0.15, 0.2) is 6.33 Å². The standard InChI is InChI=1S/C16H28N4O/c1-13(2)9-20-15(17-12-18-20)11-19-8-7-16(21)6-4-3-5-14(16)10-19/h12-14,21H,3-11H2,1-2H3. The molecule has 5 nitrogen and oxygen atoms in total. The second kappa shape index (κ2) is 6.05. The van der Waals surface area contributed by atoms with E-state index in [9.17, 15) is 5.11 Å². The molecule has 0 radical (unpaired) electrons. The molecule has 2 atom stereocenters. The highest BCUT2D eigenvalue weighted by atomic mass is 16.3. The zero-order chi connectivity index (χ0) is 14.9. The average Bonchev–Trinajstić information content (AvgIpc) is 2.85. The molecule has 0 aromatic carbocycles. The minimum Gasteiger partial charge on any atom is -0.390 e. The van der Waals surface area contributed by atoms with Gasteiger partial charge in [0.25, 0.3) is 0 Å². The van der Waals surface area contributed by atoms with Crippen LogP contribution in [-0.4, -0.2) is 43.5 Å². The molecular formula is C16H28N4O. The van der Waals surface area contributed by atoms with E-state index >= 15 is 0 Å². The molecule has 1 aromatic heterocycles. The van der Waals surface area contributed by atoms with E-state index in [0.29, 0.717) is 11.8 Å². The maximum absolute atomic E-state index is 10.7. The molecular weight excluding hydrogens is 264 g/mol. The Morgan fingerprint density at radius 1 is 1.38 bits per heavy atom. The van der Waals surface area contributed by atoms with E-state index in [-0.39, 0.29) is 5.60 Å². The molecule has 1 aliphatic heterocycles. The summed E-state index contributed by atoms with van der Waals surface area (Å²) < 4.78 is 2.03. The Morgan fingerprint density at radius 3 is 3.05 bits per heavy atom. The summed E-state index contributed by atoms with van der Waals surface area (Å²) in [6.07, 6.45) is 7.20. The van der Waals surface area contributed by atoms with E-state index in [0.717, 1.165) is 44.8 Å². The number of fused-ring (bicyclic) bond motifs is 1. The van der Waals surface area contributed by atoms with Crippen LogP contribution in [0.2, 0.25) is 0 Å². The quantitative estimate of drug-likeness (QED) is 0.923. The van der Waals surface area contributed by atoms with E-state index in [4.69, 9.17) is 0 Å². The Hall–Kier alpha value is -0.940. The highest BCUT2D eigenvalue weighted by molar-refractivity contribution is 4.97. The predicted molar refractivity (Wildman–Crippen MR) is 81.7 cm³/mol. The molecule has 118 valence electrons. The van der Waals surface area contributed by atoms with E-state index in [1.165, 1.54) is 19.3 Å². The van der Waals surface area contributed by atoms with Gasteiger partial charge in [0.2, 0.25) is 0 Å². The molecule has 1 N–H and O–H groups in total. The lowest BCUT2D eigenvalue weighted by molar-refractivity contribution is -0.0972. The minimum absolute atomic E-state index is 0.389. The molecule has 3 rings (SSSR count). The number of nitrogens with zero attached hydrogens (tertiary/aromatic N) is 4. The van der Waals surface area contributed by atoms with Crippen molar-refractivity contribution >= 4 is 0 Å². The van der Waals surface area contributed by atoms with Crippen molar-refractivity contribution in [3.8, 4) is 0 Å². The number of hydrogen-bond donors (Lipinski definition) is 1. The Balaban J connectivity index is 1.63. The molecule has 1 saturated heterocycles. The normalized spacial score (nSPS) is 30.6. The Kier molecular flexibility index (Phi) is 4.31. The smallest absolute Gasteiger partial charge is 0.141 e. The number of aliphatic hydroxyl groups is 1. The Bertz CT molecular complexity index is 473. The van der Waals surface area contributed by atoms with Crippen LogP contribution < -0.4 is 0 Å². The van der Waals surface area contributed by atoms with Gasteiger partial charge in [0, 0.05) is 25.6 Å². The van der Waals surface area contributed by atoms with Gasteiger partial charge in [-0.05, 0) is 25.2 Å². The predicted octanol–water partition coefficient (Wildman–Crippen LogP) is 2.06. The summed E-state index contributed by atoms with van der Waals surface area (Å²) in [7, 11) is 0. The van der Waals surface area contributed by atoms with Crippen LogP contribution in [0, 0.1) is 11.8 Å². The highest BCUT2D eigenvalue weighted by Crippen LogP contribution is 2.39. The minimum atomic E-state index is -0.389. The summed E-state index contributed by atoms with van der Waals surface area (Å²) in [5.41, 5.74) is -0.389. The molecule has 2 unspecified atom stereocenters. The van der Waals surface area contributed by atoms with Crippen LogP contribution in [0.25, 0.3) is 0 Å². The molecule has 0 amide bonds. The lowest BCUT2D eigenvalue weighted by Crippen LogP contribution is -2.53. The summed E-state index contributed by atoms with van der Waals surface area (Å²) in [5, 5.41) is 15.1. The molecule has 0 spiro atoms. The third-order valence-electron chi connectivity index (χ3n) is 5.11. The van der Waals surface area contributed by atoms with Gasteiger partial charge in [-0.15, -0.1) is 0 Å². The first kappa shape index (κ1) is 15.0. The van der Waals surface area contributed by atoms with Gasteiger partial charge in [-0.25, -0.2) is 9.67 Å². The fraction of sp³-hybridized carbons (Fsp3) is 0.875. The van der Waals surface area contributed by atoms with Gasteiger partial charge < -0.3 is 5.11 Å². The fourth-order valence-electron chi connectivity index (χ4n) is 3.89. The van der Waals surface area contributed by atoms with Crippen LogP contribution in [0.1, 0.15) is 51.8 Å². The molecule has 1 aliphatic carbocycles. The third-order valence-corrected chi connectivity index (χ3v) is 5.11. The number of piperidine rings is 1. The third kappa shape index (κ3) is 3.29. The summed E-state index contributed by atoms with van der Waals surface area (Å²) >= 11 is 0. The first-order valence-corrected chi connectivity index (χ1v) is 8.38. The zero-order valence-electron chi connectivity index (χ0n) is 13.3. The Morgan fingerprint density at radius 2 is 2.24 bits per heavy atom. The number of aromatic nitrogens is 3. The zero-order valence-corrected chi connectivity index (χ0v) is 13.3. The average molecular weight is 292 g/mol. The van der Waals surface area contributed by atoms with Gasteiger partial charge >= 0.3 is 0 Å². The van der Waals surface area contributed by atoms with E-state index in [2.05, 4.69) is 28.8 Å². The van der Waals surface area contributed by atoms with Crippen LogP contribution in [0.3, 0.4) is 0 Å².